The Labute approximate surface area is 272 Å². The molecular weight excluding hydrogens is 584 g/mol. The first kappa shape index (κ1) is 35.0. The van der Waals surface area contributed by atoms with E-state index < -0.39 is 5.60 Å². The van der Waals surface area contributed by atoms with Crippen LogP contribution in [0.15, 0.2) is 115 Å². The van der Waals surface area contributed by atoms with Crippen LogP contribution in [0.2, 0.25) is 0 Å². The minimum atomic E-state index is -0.750. The third kappa shape index (κ3) is 11.5. The molecule has 0 aliphatic rings. The standard InChI is InChI=1S/C38H44O8/c39-32-33-16-18-37(19-17-33)45-30-28-43-26-24-41-22-20-40-21-23-42-25-27-44-29-31-46-38(34-10-4-1-5-11-34,35-12-6-2-7-13-35)36-14-8-3-9-15-36/h1-19,32H,20-31H2. The number of benzene rings is 4. The average molecular weight is 629 g/mol. The van der Waals surface area contributed by atoms with Gasteiger partial charge in [0.25, 0.3) is 0 Å². The molecule has 4 aromatic carbocycles. The first-order valence-corrected chi connectivity index (χ1v) is 15.7. The number of aldehydes is 1. The van der Waals surface area contributed by atoms with Gasteiger partial charge in [0.1, 0.15) is 24.2 Å². The van der Waals surface area contributed by atoms with Gasteiger partial charge in [0, 0.05) is 5.56 Å². The lowest BCUT2D eigenvalue weighted by Crippen LogP contribution is -2.34. The average Bonchev–Trinajstić information content (AvgIpc) is 3.12. The van der Waals surface area contributed by atoms with Crippen molar-refractivity contribution in [2.45, 2.75) is 5.60 Å². The van der Waals surface area contributed by atoms with Crippen LogP contribution in [0.5, 0.6) is 5.75 Å². The summed E-state index contributed by atoms with van der Waals surface area (Å²) in [4.78, 5) is 10.7. The zero-order valence-corrected chi connectivity index (χ0v) is 26.3. The van der Waals surface area contributed by atoms with Crippen molar-refractivity contribution >= 4 is 6.29 Å². The van der Waals surface area contributed by atoms with Gasteiger partial charge in [-0.1, -0.05) is 91.0 Å². The Balaban J connectivity index is 1.02. The Bertz CT molecular complexity index is 1240. The summed E-state index contributed by atoms with van der Waals surface area (Å²) in [6.07, 6.45) is 0.802. The second-order valence-corrected chi connectivity index (χ2v) is 10.2. The summed E-state index contributed by atoms with van der Waals surface area (Å²) in [6.45, 7) is 5.61. The van der Waals surface area contributed by atoms with Crippen LogP contribution >= 0.6 is 0 Å². The maximum Gasteiger partial charge on any atom is 0.150 e. The lowest BCUT2D eigenvalue weighted by atomic mass is 9.80. The molecule has 0 unspecified atom stereocenters. The van der Waals surface area contributed by atoms with E-state index in [1.807, 2.05) is 54.6 Å². The summed E-state index contributed by atoms with van der Waals surface area (Å²) in [5, 5.41) is 0. The van der Waals surface area contributed by atoms with E-state index in [0.29, 0.717) is 90.6 Å². The fourth-order valence-electron chi connectivity index (χ4n) is 4.87. The Kier molecular flexibility index (Phi) is 16.0. The van der Waals surface area contributed by atoms with E-state index in [1.54, 1.807) is 24.3 Å². The van der Waals surface area contributed by atoms with E-state index in [9.17, 15) is 4.79 Å². The molecule has 0 saturated carbocycles. The summed E-state index contributed by atoms with van der Waals surface area (Å²) >= 11 is 0. The number of carbonyl (C=O) groups excluding carboxylic acids is 1. The van der Waals surface area contributed by atoms with Gasteiger partial charge in [0.15, 0.2) is 0 Å². The van der Waals surface area contributed by atoms with Gasteiger partial charge >= 0.3 is 0 Å². The van der Waals surface area contributed by atoms with E-state index in [0.717, 1.165) is 23.0 Å². The number of hydrogen-bond acceptors (Lipinski definition) is 8. The van der Waals surface area contributed by atoms with Gasteiger partial charge in [-0.2, -0.15) is 0 Å². The number of ether oxygens (including phenoxy) is 7. The minimum Gasteiger partial charge on any atom is -0.491 e. The van der Waals surface area contributed by atoms with Gasteiger partial charge in [0.05, 0.1) is 72.7 Å². The molecule has 244 valence electrons. The van der Waals surface area contributed by atoms with Gasteiger partial charge in [0.2, 0.25) is 0 Å². The predicted octanol–water partition coefficient (Wildman–Crippen LogP) is 5.97. The van der Waals surface area contributed by atoms with Gasteiger partial charge in [-0.15, -0.1) is 0 Å². The van der Waals surface area contributed by atoms with E-state index in [2.05, 4.69) is 36.4 Å². The molecule has 0 saturated heterocycles. The van der Waals surface area contributed by atoms with Crippen molar-refractivity contribution in [2.24, 2.45) is 0 Å². The molecule has 0 aliphatic heterocycles. The first-order valence-electron chi connectivity index (χ1n) is 15.7. The van der Waals surface area contributed by atoms with Crippen LogP contribution in [-0.2, 0) is 34.0 Å². The Morgan fingerprint density at radius 3 is 1.13 bits per heavy atom. The van der Waals surface area contributed by atoms with E-state index >= 15 is 0 Å². The SMILES string of the molecule is O=Cc1ccc(OCCOCCOCCOCCOCCOCCOC(c2ccccc2)(c2ccccc2)c2ccccc2)cc1. The smallest absolute Gasteiger partial charge is 0.150 e. The van der Waals surface area contributed by atoms with Gasteiger partial charge in [-0.05, 0) is 41.0 Å². The van der Waals surface area contributed by atoms with Crippen molar-refractivity contribution in [1.82, 2.24) is 0 Å². The molecule has 8 heteroatoms. The fourth-order valence-corrected chi connectivity index (χ4v) is 4.87. The third-order valence-corrected chi connectivity index (χ3v) is 7.09. The summed E-state index contributed by atoms with van der Waals surface area (Å²) in [7, 11) is 0. The molecule has 0 spiro atoms. The summed E-state index contributed by atoms with van der Waals surface area (Å²) in [5.41, 5.74) is 3.07. The molecule has 0 aromatic heterocycles. The summed E-state index contributed by atoms with van der Waals surface area (Å²) in [6, 6.07) is 37.9. The quantitative estimate of drug-likeness (QED) is 0.0534. The van der Waals surface area contributed by atoms with Crippen LogP contribution in [0.1, 0.15) is 27.0 Å². The van der Waals surface area contributed by atoms with Crippen LogP contribution in [-0.4, -0.2) is 85.6 Å². The summed E-state index contributed by atoms with van der Waals surface area (Å²) < 4.78 is 40.3. The van der Waals surface area contributed by atoms with Gasteiger partial charge in [-0.3, -0.25) is 4.79 Å². The summed E-state index contributed by atoms with van der Waals surface area (Å²) in [5.74, 6) is 0.706. The molecular formula is C38H44O8. The molecule has 0 radical (unpaired) electrons. The van der Waals surface area contributed by atoms with Crippen LogP contribution in [0.25, 0.3) is 0 Å². The van der Waals surface area contributed by atoms with Crippen LogP contribution < -0.4 is 4.74 Å². The zero-order chi connectivity index (χ0) is 32.0. The van der Waals surface area contributed by atoms with E-state index in [1.165, 1.54) is 0 Å². The lowest BCUT2D eigenvalue weighted by Gasteiger charge is -2.36. The normalized spacial score (nSPS) is 11.4. The number of rotatable bonds is 24. The molecule has 0 aliphatic carbocycles. The predicted molar refractivity (Wildman–Crippen MR) is 177 cm³/mol. The van der Waals surface area contributed by atoms with Crippen molar-refractivity contribution in [3.63, 3.8) is 0 Å². The largest absolute Gasteiger partial charge is 0.491 e. The molecule has 0 bridgehead atoms. The highest BCUT2D eigenvalue weighted by Crippen LogP contribution is 2.40. The maximum atomic E-state index is 10.7. The monoisotopic (exact) mass is 628 g/mol. The molecule has 4 aromatic rings. The highest BCUT2D eigenvalue weighted by Gasteiger charge is 2.37. The highest BCUT2D eigenvalue weighted by atomic mass is 16.6. The van der Waals surface area contributed by atoms with Crippen LogP contribution in [0.4, 0.5) is 0 Å². The molecule has 0 fully saturated rings. The molecule has 46 heavy (non-hydrogen) atoms. The van der Waals surface area contributed by atoms with Crippen molar-refractivity contribution in [2.75, 3.05) is 79.3 Å². The lowest BCUT2D eigenvalue weighted by molar-refractivity contribution is -0.0392. The molecule has 0 heterocycles. The second-order valence-electron chi connectivity index (χ2n) is 10.2. The highest BCUT2D eigenvalue weighted by molar-refractivity contribution is 5.74. The molecule has 0 N–H and O–H groups in total. The van der Waals surface area contributed by atoms with Gasteiger partial charge in [-0.25, -0.2) is 0 Å². The minimum absolute atomic E-state index is 0.415. The zero-order valence-electron chi connectivity index (χ0n) is 26.3. The molecule has 0 atom stereocenters. The van der Waals surface area contributed by atoms with Gasteiger partial charge < -0.3 is 33.2 Å². The second kappa shape index (κ2) is 21.0. The number of carbonyl (C=O) groups is 1. The van der Waals surface area contributed by atoms with Crippen LogP contribution in [0.3, 0.4) is 0 Å². The van der Waals surface area contributed by atoms with Crippen molar-refractivity contribution in [3.05, 3.63) is 138 Å². The molecule has 0 amide bonds. The molecule has 8 nitrogen and oxygen atoms in total. The fraction of sp³-hybridized carbons (Fsp3) is 0.342. The van der Waals surface area contributed by atoms with E-state index in [4.69, 9.17) is 33.2 Å². The topological polar surface area (TPSA) is 81.7 Å². The van der Waals surface area contributed by atoms with Crippen molar-refractivity contribution in [3.8, 4) is 5.75 Å². The van der Waals surface area contributed by atoms with Crippen molar-refractivity contribution < 1.29 is 38.0 Å². The Hall–Kier alpha value is -3.89. The first-order chi connectivity index (χ1) is 22.8. The van der Waals surface area contributed by atoms with Crippen LogP contribution in [0, 0.1) is 0 Å². The third-order valence-electron chi connectivity index (χ3n) is 7.09. The molecule has 4 rings (SSSR count). The maximum absolute atomic E-state index is 10.7. The Morgan fingerprint density at radius 1 is 0.413 bits per heavy atom. The Morgan fingerprint density at radius 2 is 0.761 bits per heavy atom. The number of hydrogen-bond donors (Lipinski definition) is 0. The van der Waals surface area contributed by atoms with Crippen molar-refractivity contribution in [1.29, 1.82) is 0 Å². The van der Waals surface area contributed by atoms with E-state index in [-0.39, 0.29) is 0 Å².